The Bertz CT molecular complexity index is 1120. The zero-order valence-electron chi connectivity index (χ0n) is 17.4. The van der Waals surface area contributed by atoms with Gasteiger partial charge in [0.1, 0.15) is 0 Å². The van der Waals surface area contributed by atoms with Crippen molar-refractivity contribution in [3.05, 3.63) is 91.1 Å². The molecule has 0 aliphatic carbocycles. The summed E-state index contributed by atoms with van der Waals surface area (Å²) in [5.74, 6) is 0.241. The molecule has 0 saturated carbocycles. The normalized spacial score (nSPS) is 11.6. The first-order valence-corrected chi connectivity index (χ1v) is 13.9. The topological polar surface area (TPSA) is 78.9 Å². The molecule has 0 amide bonds. The van der Waals surface area contributed by atoms with Gasteiger partial charge in [0, 0.05) is 0 Å². The van der Waals surface area contributed by atoms with Gasteiger partial charge in [-0.1, -0.05) is 0 Å². The Balaban J connectivity index is 1.98. The quantitative estimate of drug-likeness (QED) is 0.287. The molecular formula is C23H23IO6S. The van der Waals surface area contributed by atoms with Gasteiger partial charge in [-0.15, -0.1) is 0 Å². The summed E-state index contributed by atoms with van der Waals surface area (Å²) in [7, 11) is -2.41. The van der Waals surface area contributed by atoms with Crippen molar-refractivity contribution in [2.45, 2.75) is 18.7 Å². The molecule has 0 bridgehead atoms. The van der Waals surface area contributed by atoms with E-state index in [4.69, 9.17) is 12.0 Å². The van der Waals surface area contributed by atoms with Crippen molar-refractivity contribution in [2.24, 2.45) is 0 Å². The van der Waals surface area contributed by atoms with E-state index >= 15 is 0 Å². The van der Waals surface area contributed by atoms with Crippen molar-refractivity contribution >= 4 is 36.3 Å². The van der Waals surface area contributed by atoms with Crippen molar-refractivity contribution in [1.29, 1.82) is 0 Å². The van der Waals surface area contributed by atoms with Crippen LogP contribution in [0.5, 0.6) is 5.75 Å². The van der Waals surface area contributed by atoms with Gasteiger partial charge in [0.05, 0.1) is 0 Å². The van der Waals surface area contributed by atoms with Gasteiger partial charge in [-0.2, -0.15) is 0 Å². The molecule has 0 aromatic heterocycles. The molecule has 0 saturated heterocycles. The van der Waals surface area contributed by atoms with Crippen molar-refractivity contribution in [1.82, 2.24) is 0 Å². The van der Waals surface area contributed by atoms with Crippen LogP contribution in [0.3, 0.4) is 0 Å². The Morgan fingerprint density at radius 2 is 1.42 bits per heavy atom. The molecule has 0 atom stereocenters. The molecule has 0 aliphatic heterocycles. The van der Waals surface area contributed by atoms with E-state index in [2.05, 4.69) is 0 Å². The zero-order chi connectivity index (χ0) is 22.4. The Morgan fingerprint density at radius 1 is 0.871 bits per heavy atom. The number of ether oxygens (including phenoxy) is 2. The molecule has 6 nitrogen and oxygen atoms in total. The number of aryl methyl sites for hydroxylation is 1. The third-order valence-corrected chi connectivity index (χ3v) is 11.6. The number of benzene rings is 3. The fourth-order valence-corrected chi connectivity index (χ4v) is 9.51. The molecule has 0 fully saturated rings. The monoisotopic (exact) mass is 554 g/mol. The van der Waals surface area contributed by atoms with Crippen molar-refractivity contribution in [3.8, 4) is 5.75 Å². The summed E-state index contributed by atoms with van der Waals surface area (Å²) in [4.78, 5) is 12.1. The Morgan fingerprint density at radius 3 is 1.94 bits per heavy atom. The second-order valence-electron chi connectivity index (χ2n) is 6.46. The summed E-state index contributed by atoms with van der Waals surface area (Å²) in [5, 5.41) is 0. The van der Waals surface area contributed by atoms with E-state index in [1.807, 2.05) is 19.1 Å². The number of hydrogen-bond donors (Lipinski definition) is 0. The zero-order valence-corrected chi connectivity index (χ0v) is 20.3. The molecule has 0 N–H and O–H groups in total. The van der Waals surface area contributed by atoms with E-state index in [1.165, 1.54) is 12.1 Å². The number of methoxy groups -OCH3 is 1. The number of esters is 1. The summed E-state index contributed by atoms with van der Waals surface area (Å²) < 4.78 is 43.6. The number of halogens is 1. The van der Waals surface area contributed by atoms with Crippen LogP contribution in [0, 0.1) is 14.1 Å². The number of carbonyl (C=O) groups excluding carboxylic acids is 1. The molecule has 0 heterocycles. The van der Waals surface area contributed by atoms with E-state index in [-0.39, 0.29) is 11.5 Å². The maximum absolute atomic E-state index is 13.0. The van der Waals surface area contributed by atoms with Gasteiger partial charge in [0.15, 0.2) is 0 Å². The predicted molar refractivity (Wildman–Crippen MR) is 126 cm³/mol. The van der Waals surface area contributed by atoms with Crippen LogP contribution < -0.4 is 4.74 Å². The van der Waals surface area contributed by atoms with E-state index in [1.54, 1.807) is 62.6 Å². The fraction of sp³-hybridized carbons (Fsp3) is 0.174. The first kappa shape index (κ1) is 23.2. The fourth-order valence-electron chi connectivity index (χ4n) is 2.62. The van der Waals surface area contributed by atoms with Gasteiger partial charge in [0.2, 0.25) is 0 Å². The third-order valence-electron chi connectivity index (χ3n) is 4.26. The van der Waals surface area contributed by atoms with Crippen LogP contribution in [0.25, 0.3) is 0 Å². The van der Waals surface area contributed by atoms with E-state index in [0.717, 1.165) is 12.7 Å². The average Bonchev–Trinajstić information content (AvgIpc) is 2.78. The molecule has 0 unspecified atom stereocenters. The second kappa shape index (κ2) is 10.3. The predicted octanol–water partition coefficient (Wildman–Crippen LogP) is 5.05. The standard InChI is InChI=1S/C23H23IO6S/c1-4-29-23(25)18-7-9-19(10-8-18)24(20-11-13-21(28-3)14-12-20)30-31(26,27)22-15-5-17(2)6-16-22/h5-16H,4H2,1-3H3. The summed E-state index contributed by atoms with van der Waals surface area (Å²) in [6.45, 7) is 3.91. The Labute approximate surface area is 190 Å². The van der Waals surface area contributed by atoms with Crippen LogP contribution in [0.4, 0.5) is 0 Å². The van der Waals surface area contributed by atoms with Crippen LogP contribution in [0.1, 0.15) is 22.8 Å². The minimum atomic E-state index is -3.98. The van der Waals surface area contributed by atoms with Gasteiger partial charge >= 0.3 is 191 Å². The van der Waals surface area contributed by atoms with Gasteiger partial charge < -0.3 is 0 Å². The van der Waals surface area contributed by atoms with Crippen LogP contribution in [0.15, 0.2) is 77.7 Å². The van der Waals surface area contributed by atoms with Gasteiger partial charge in [-0.05, 0) is 0 Å². The summed E-state index contributed by atoms with van der Waals surface area (Å²) >= 11 is -2.88. The third kappa shape index (κ3) is 5.84. The van der Waals surface area contributed by atoms with Crippen molar-refractivity contribution < 1.29 is 25.2 Å². The summed E-state index contributed by atoms with van der Waals surface area (Å²) in [5.41, 5.74) is 1.36. The van der Waals surface area contributed by atoms with E-state index < -0.39 is 36.3 Å². The molecule has 0 radical (unpaired) electrons. The average molecular weight is 554 g/mol. The Hall–Kier alpha value is -2.43. The molecule has 3 aromatic carbocycles. The molecule has 31 heavy (non-hydrogen) atoms. The van der Waals surface area contributed by atoms with Gasteiger partial charge in [0.25, 0.3) is 0 Å². The SMILES string of the molecule is CCOC(=O)c1ccc(I(OS(=O)(=O)c2ccc(C)cc2)c2ccc(OC)cc2)cc1. The molecule has 0 aliphatic rings. The first-order valence-electron chi connectivity index (χ1n) is 9.47. The van der Waals surface area contributed by atoms with Crippen molar-refractivity contribution in [3.63, 3.8) is 0 Å². The maximum atomic E-state index is 13.0. The first-order chi connectivity index (χ1) is 14.8. The number of hydrogen-bond acceptors (Lipinski definition) is 6. The van der Waals surface area contributed by atoms with Crippen molar-refractivity contribution in [2.75, 3.05) is 13.7 Å². The molecule has 8 heteroatoms. The van der Waals surface area contributed by atoms with Gasteiger partial charge in [-0.3, -0.25) is 0 Å². The van der Waals surface area contributed by atoms with Crippen LogP contribution in [0.2, 0.25) is 0 Å². The molecule has 3 aromatic rings. The van der Waals surface area contributed by atoms with Gasteiger partial charge in [-0.25, -0.2) is 0 Å². The molecule has 164 valence electrons. The van der Waals surface area contributed by atoms with E-state index in [9.17, 15) is 13.2 Å². The van der Waals surface area contributed by atoms with Crippen LogP contribution >= 0.6 is 20.2 Å². The summed E-state index contributed by atoms with van der Waals surface area (Å²) in [6, 6.07) is 20.4. The van der Waals surface area contributed by atoms with Crippen LogP contribution in [-0.4, -0.2) is 28.1 Å². The van der Waals surface area contributed by atoms with E-state index in [0.29, 0.717) is 11.3 Å². The Kier molecular flexibility index (Phi) is 7.69. The molecule has 3 rings (SSSR count). The molecular weight excluding hydrogens is 531 g/mol. The minimum absolute atomic E-state index is 0.108. The van der Waals surface area contributed by atoms with Crippen LogP contribution in [-0.2, 0) is 17.4 Å². The number of carbonyl (C=O) groups is 1. The second-order valence-corrected chi connectivity index (χ2v) is 13.0. The molecule has 0 spiro atoms. The summed E-state index contributed by atoms with van der Waals surface area (Å²) in [6.07, 6.45) is 0. The number of rotatable bonds is 8.